The minimum absolute atomic E-state index is 0.104. The Bertz CT molecular complexity index is 816. The average molecular weight is 494 g/mol. The number of nitrogens with one attached hydrogen (secondary N) is 3. The number of benzene rings is 1. The molecular formula is C20H22Br2N4O. The van der Waals surface area contributed by atoms with E-state index in [1.807, 2.05) is 36.4 Å². The largest absolute Gasteiger partial charge is 0.352 e. The Labute approximate surface area is 176 Å². The number of hydrogen-bond acceptors (Lipinski definition) is 4. The Morgan fingerprint density at radius 2 is 1.96 bits per heavy atom. The topological polar surface area (TPSA) is 65.5 Å². The molecule has 1 amide bonds. The Hall–Kier alpha value is -1.60. The summed E-state index contributed by atoms with van der Waals surface area (Å²) >= 11 is 7.18. The number of fused-ring (bicyclic) bond motifs is 1. The maximum absolute atomic E-state index is 12.6. The Morgan fingerprint density at radius 3 is 2.74 bits per heavy atom. The number of anilines is 1. The first-order valence-corrected chi connectivity index (χ1v) is 11.0. The molecule has 5 nitrogen and oxygen atoms in total. The maximum atomic E-state index is 12.6. The SMILES string of the molecule is O=C(Nc1ccc(Br)cc1)C1=CCC2NC(NC3CCCCC3Br)=NC2=C1. The minimum atomic E-state index is -0.104. The van der Waals surface area contributed by atoms with Gasteiger partial charge in [-0.3, -0.25) is 4.79 Å². The zero-order valence-corrected chi connectivity index (χ0v) is 18.0. The molecule has 0 bridgehead atoms. The molecule has 3 aliphatic rings. The number of aliphatic imine (C=N–C) groups is 1. The van der Waals surface area contributed by atoms with Crippen LogP contribution in [0, 0.1) is 0 Å². The van der Waals surface area contributed by atoms with E-state index >= 15 is 0 Å². The van der Waals surface area contributed by atoms with E-state index in [2.05, 4.69) is 47.8 Å². The standard InChI is InChI=1S/C20H22Br2N4O/c21-13-6-8-14(9-7-13)23-19(27)12-5-10-17-18(11-12)26-20(25-17)24-16-4-2-1-3-15(16)22/h5-9,11,15-17H,1-4,10H2,(H,23,27)(H2,24,25,26). The van der Waals surface area contributed by atoms with Crippen LogP contribution in [0.2, 0.25) is 0 Å². The summed E-state index contributed by atoms with van der Waals surface area (Å²) in [5.41, 5.74) is 2.36. The molecular weight excluding hydrogens is 472 g/mol. The Kier molecular flexibility index (Phi) is 5.68. The second-order valence-corrected chi connectivity index (χ2v) is 9.23. The van der Waals surface area contributed by atoms with Gasteiger partial charge in [-0.05, 0) is 49.6 Å². The summed E-state index contributed by atoms with van der Waals surface area (Å²) < 4.78 is 0.984. The second-order valence-electron chi connectivity index (χ2n) is 7.13. The lowest BCUT2D eigenvalue weighted by atomic mass is 9.95. The predicted octanol–water partition coefficient (Wildman–Crippen LogP) is 4.23. The minimum Gasteiger partial charge on any atom is -0.352 e. The zero-order valence-electron chi connectivity index (χ0n) is 14.8. The summed E-state index contributed by atoms with van der Waals surface area (Å²) in [5.74, 6) is 0.721. The van der Waals surface area contributed by atoms with Crippen molar-refractivity contribution in [2.75, 3.05) is 5.32 Å². The van der Waals surface area contributed by atoms with Gasteiger partial charge in [0.25, 0.3) is 5.91 Å². The molecule has 3 N–H and O–H groups in total. The third-order valence-electron chi connectivity index (χ3n) is 5.15. The molecule has 0 aromatic heterocycles. The van der Waals surface area contributed by atoms with Crippen molar-refractivity contribution < 1.29 is 4.79 Å². The van der Waals surface area contributed by atoms with Crippen molar-refractivity contribution in [1.29, 1.82) is 0 Å². The van der Waals surface area contributed by atoms with E-state index in [-0.39, 0.29) is 11.9 Å². The summed E-state index contributed by atoms with van der Waals surface area (Å²) in [4.78, 5) is 17.7. The van der Waals surface area contributed by atoms with Crippen molar-refractivity contribution in [3.63, 3.8) is 0 Å². The molecule has 1 fully saturated rings. The van der Waals surface area contributed by atoms with Gasteiger partial charge in [0.1, 0.15) is 0 Å². The van der Waals surface area contributed by atoms with E-state index in [0.717, 1.165) is 34.7 Å². The molecule has 2 aliphatic carbocycles. The molecule has 27 heavy (non-hydrogen) atoms. The van der Waals surface area contributed by atoms with Crippen LogP contribution in [0.1, 0.15) is 32.1 Å². The van der Waals surface area contributed by atoms with Crippen molar-refractivity contribution in [2.45, 2.75) is 49.0 Å². The van der Waals surface area contributed by atoms with Gasteiger partial charge in [0.2, 0.25) is 0 Å². The number of hydrogen-bond donors (Lipinski definition) is 3. The normalized spacial score (nSPS) is 26.9. The lowest BCUT2D eigenvalue weighted by Gasteiger charge is -2.29. The number of alkyl halides is 1. The van der Waals surface area contributed by atoms with Crippen molar-refractivity contribution in [1.82, 2.24) is 10.6 Å². The van der Waals surface area contributed by atoms with Crippen LogP contribution in [0.5, 0.6) is 0 Å². The second kappa shape index (κ2) is 8.19. The lowest BCUT2D eigenvalue weighted by Crippen LogP contribution is -2.48. The quantitative estimate of drug-likeness (QED) is 0.552. The fraction of sp³-hybridized carbons (Fsp3) is 0.400. The van der Waals surface area contributed by atoms with E-state index in [9.17, 15) is 4.79 Å². The average Bonchev–Trinajstić information content (AvgIpc) is 3.07. The summed E-state index contributed by atoms with van der Waals surface area (Å²) in [5, 5.41) is 9.92. The summed E-state index contributed by atoms with van der Waals surface area (Å²) in [6.45, 7) is 0. The lowest BCUT2D eigenvalue weighted by molar-refractivity contribution is -0.112. The van der Waals surface area contributed by atoms with Crippen LogP contribution in [0.3, 0.4) is 0 Å². The van der Waals surface area contributed by atoms with Gasteiger partial charge >= 0.3 is 0 Å². The molecule has 0 radical (unpaired) electrons. The molecule has 1 aromatic rings. The number of carbonyl (C=O) groups excluding carboxylic acids is 1. The molecule has 1 aromatic carbocycles. The third-order valence-corrected chi connectivity index (χ3v) is 6.78. The van der Waals surface area contributed by atoms with E-state index in [4.69, 9.17) is 4.99 Å². The van der Waals surface area contributed by atoms with Gasteiger partial charge in [-0.15, -0.1) is 0 Å². The van der Waals surface area contributed by atoms with Gasteiger partial charge in [-0.2, -0.15) is 0 Å². The highest BCUT2D eigenvalue weighted by molar-refractivity contribution is 9.10. The van der Waals surface area contributed by atoms with Gasteiger partial charge in [0.15, 0.2) is 5.96 Å². The first-order valence-electron chi connectivity index (χ1n) is 9.33. The molecule has 1 heterocycles. The number of rotatable bonds is 3. The van der Waals surface area contributed by atoms with Crippen molar-refractivity contribution in [3.8, 4) is 0 Å². The van der Waals surface area contributed by atoms with Gasteiger partial charge in [0.05, 0.1) is 11.7 Å². The van der Waals surface area contributed by atoms with Crippen LogP contribution < -0.4 is 16.0 Å². The van der Waals surface area contributed by atoms with E-state index in [0.29, 0.717) is 16.4 Å². The third kappa shape index (κ3) is 4.46. The summed E-state index contributed by atoms with van der Waals surface area (Å²) in [6.07, 6.45) is 9.49. The Balaban J connectivity index is 1.41. The van der Waals surface area contributed by atoms with Gasteiger partial charge in [0, 0.05) is 26.6 Å². The molecule has 0 spiro atoms. The van der Waals surface area contributed by atoms with E-state index in [1.165, 1.54) is 19.3 Å². The molecule has 1 aliphatic heterocycles. The summed E-state index contributed by atoms with van der Waals surface area (Å²) in [6, 6.07) is 8.11. The fourth-order valence-electron chi connectivity index (χ4n) is 3.65. The predicted molar refractivity (Wildman–Crippen MR) is 116 cm³/mol. The van der Waals surface area contributed by atoms with Crippen LogP contribution in [-0.2, 0) is 4.79 Å². The van der Waals surface area contributed by atoms with Crippen LogP contribution in [-0.4, -0.2) is 28.8 Å². The monoisotopic (exact) mass is 492 g/mol. The number of guanidine groups is 1. The maximum Gasteiger partial charge on any atom is 0.255 e. The zero-order chi connectivity index (χ0) is 18.8. The number of nitrogens with zero attached hydrogens (tertiary/aromatic N) is 1. The Morgan fingerprint density at radius 1 is 1.19 bits per heavy atom. The molecule has 7 heteroatoms. The molecule has 3 unspecified atom stereocenters. The van der Waals surface area contributed by atoms with Crippen LogP contribution in [0.25, 0.3) is 0 Å². The van der Waals surface area contributed by atoms with Crippen LogP contribution >= 0.6 is 31.9 Å². The molecule has 0 saturated heterocycles. The highest BCUT2D eigenvalue weighted by atomic mass is 79.9. The van der Waals surface area contributed by atoms with Crippen LogP contribution in [0.15, 0.2) is 57.2 Å². The molecule has 3 atom stereocenters. The fourth-order valence-corrected chi connectivity index (χ4v) is 4.63. The van der Waals surface area contributed by atoms with Gasteiger partial charge in [-0.25, -0.2) is 4.99 Å². The molecule has 4 rings (SSSR count). The van der Waals surface area contributed by atoms with Crippen molar-refractivity contribution in [3.05, 3.63) is 52.2 Å². The van der Waals surface area contributed by atoms with Gasteiger partial charge < -0.3 is 16.0 Å². The van der Waals surface area contributed by atoms with Gasteiger partial charge in [-0.1, -0.05) is 50.8 Å². The highest BCUT2D eigenvalue weighted by Gasteiger charge is 2.30. The first kappa shape index (κ1) is 18.7. The highest BCUT2D eigenvalue weighted by Crippen LogP contribution is 2.27. The molecule has 1 saturated carbocycles. The van der Waals surface area contributed by atoms with Crippen molar-refractivity contribution in [2.24, 2.45) is 4.99 Å². The molecule has 142 valence electrons. The van der Waals surface area contributed by atoms with E-state index < -0.39 is 0 Å². The number of carbonyl (C=O) groups is 1. The summed E-state index contributed by atoms with van der Waals surface area (Å²) in [7, 11) is 0. The number of halogens is 2. The van der Waals surface area contributed by atoms with Crippen LogP contribution in [0.4, 0.5) is 5.69 Å². The smallest absolute Gasteiger partial charge is 0.255 e. The first-order chi connectivity index (χ1) is 13.1. The van der Waals surface area contributed by atoms with Crippen molar-refractivity contribution >= 4 is 49.4 Å². The van der Waals surface area contributed by atoms with E-state index in [1.54, 1.807) is 0 Å². The number of amides is 1.